The number of alkyl halides is 1. The Labute approximate surface area is 153 Å². The first-order chi connectivity index (χ1) is 12.1. The third-order valence-corrected chi connectivity index (χ3v) is 4.79. The quantitative estimate of drug-likeness (QED) is 0.768. The van der Waals surface area contributed by atoms with Gasteiger partial charge in [0.1, 0.15) is 17.8 Å². The topological polar surface area (TPSA) is 84.9 Å². The van der Waals surface area contributed by atoms with Gasteiger partial charge in [-0.1, -0.05) is 0 Å². The van der Waals surface area contributed by atoms with Crippen molar-refractivity contribution >= 4 is 18.0 Å². The highest BCUT2D eigenvalue weighted by molar-refractivity contribution is 5.86. The Kier molecular flexibility index (Phi) is 6.47. The van der Waals surface area contributed by atoms with Crippen LogP contribution in [0.4, 0.5) is 9.18 Å². The van der Waals surface area contributed by atoms with Crippen LogP contribution in [0.15, 0.2) is 0 Å². The zero-order valence-electron chi connectivity index (χ0n) is 15.9. The van der Waals surface area contributed by atoms with E-state index in [2.05, 4.69) is 5.32 Å². The van der Waals surface area contributed by atoms with Gasteiger partial charge >= 0.3 is 12.1 Å². The van der Waals surface area contributed by atoms with Gasteiger partial charge in [-0.25, -0.2) is 9.18 Å². The lowest BCUT2D eigenvalue weighted by Crippen LogP contribution is -2.50. The van der Waals surface area contributed by atoms with E-state index in [9.17, 15) is 18.8 Å². The molecule has 0 unspecified atom stereocenters. The summed E-state index contributed by atoms with van der Waals surface area (Å²) in [5, 5.41) is 2.90. The van der Waals surface area contributed by atoms with Crippen molar-refractivity contribution in [1.82, 2.24) is 10.2 Å². The molecule has 0 bridgehead atoms. The van der Waals surface area contributed by atoms with Crippen LogP contribution in [0, 0.1) is 5.92 Å². The zero-order chi connectivity index (χ0) is 19.5. The van der Waals surface area contributed by atoms with Crippen LogP contribution in [0.3, 0.4) is 0 Å². The third kappa shape index (κ3) is 5.32. The van der Waals surface area contributed by atoms with Crippen LogP contribution in [0.2, 0.25) is 0 Å². The third-order valence-electron chi connectivity index (χ3n) is 4.79. The monoisotopic (exact) mass is 372 g/mol. The summed E-state index contributed by atoms with van der Waals surface area (Å²) >= 11 is 0. The van der Waals surface area contributed by atoms with E-state index in [-0.39, 0.29) is 36.8 Å². The Morgan fingerprint density at radius 3 is 2.27 bits per heavy atom. The number of amides is 2. The predicted molar refractivity (Wildman–Crippen MR) is 92.1 cm³/mol. The molecule has 1 saturated heterocycles. The first-order valence-corrected chi connectivity index (χ1v) is 9.12. The van der Waals surface area contributed by atoms with E-state index in [0.717, 1.165) is 0 Å². The maximum atomic E-state index is 13.9. The number of hydrogen-bond donors (Lipinski definition) is 1. The van der Waals surface area contributed by atoms with Gasteiger partial charge in [-0.05, 0) is 46.5 Å². The minimum atomic E-state index is -1.24. The van der Waals surface area contributed by atoms with Crippen molar-refractivity contribution in [1.29, 1.82) is 0 Å². The Hall–Kier alpha value is -1.86. The molecule has 0 aromatic heterocycles. The fourth-order valence-electron chi connectivity index (χ4n) is 3.49. The lowest BCUT2D eigenvalue weighted by molar-refractivity contribution is -0.146. The number of likely N-dealkylation sites (tertiary alicyclic amines) is 1. The van der Waals surface area contributed by atoms with Crippen LogP contribution < -0.4 is 5.32 Å². The van der Waals surface area contributed by atoms with E-state index in [1.54, 1.807) is 20.8 Å². The molecule has 2 aliphatic rings. The predicted octanol–water partition coefficient (Wildman–Crippen LogP) is 2.18. The molecule has 1 saturated carbocycles. The molecule has 2 rings (SSSR count). The lowest BCUT2D eigenvalue weighted by atomic mass is 9.86. The zero-order valence-corrected chi connectivity index (χ0v) is 15.9. The number of esters is 1. The number of rotatable bonds is 3. The standard InChI is InChI=1S/C18H29FN2O5/c1-18(2,3)26-17(24)21-10-12(19)9-14(21)15(22)20-13-7-5-11(6-8-13)16(23)25-4/h11-14H,5-10H2,1-4H3,(H,20,22)/t11-,12-,13+,14-/m0/s1. The molecular weight excluding hydrogens is 343 g/mol. The SMILES string of the molecule is COC(=O)[C@H]1CC[C@@H](NC(=O)[C@@H]2C[C@H](F)CN2C(=O)OC(C)(C)C)CC1. The van der Waals surface area contributed by atoms with Crippen LogP contribution in [0.5, 0.6) is 0 Å². The fourth-order valence-corrected chi connectivity index (χ4v) is 3.49. The number of nitrogens with one attached hydrogen (secondary N) is 1. The average molecular weight is 372 g/mol. The molecule has 1 aliphatic heterocycles. The second-order valence-electron chi connectivity index (χ2n) is 8.06. The van der Waals surface area contributed by atoms with Crippen LogP contribution in [-0.4, -0.2) is 60.4 Å². The highest BCUT2D eigenvalue weighted by Crippen LogP contribution is 2.27. The van der Waals surface area contributed by atoms with Gasteiger partial charge in [0.15, 0.2) is 0 Å². The van der Waals surface area contributed by atoms with Gasteiger partial charge in [0.05, 0.1) is 19.6 Å². The van der Waals surface area contributed by atoms with Crippen molar-refractivity contribution in [3.05, 3.63) is 0 Å². The van der Waals surface area contributed by atoms with Gasteiger partial charge in [0, 0.05) is 12.5 Å². The summed E-state index contributed by atoms with van der Waals surface area (Å²) in [7, 11) is 1.37. The number of hydrogen-bond acceptors (Lipinski definition) is 5. The summed E-state index contributed by atoms with van der Waals surface area (Å²) in [6, 6.07) is -0.944. The smallest absolute Gasteiger partial charge is 0.411 e. The summed E-state index contributed by atoms with van der Waals surface area (Å²) < 4.78 is 23.9. The van der Waals surface area contributed by atoms with E-state index >= 15 is 0 Å². The van der Waals surface area contributed by atoms with E-state index < -0.39 is 23.9 Å². The van der Waals surface area contributed by atoms with Crippen molar-refractivity contribution in [2.75, 3.05) is 13.7 Å². The molecule has 2 atom stereocenters. The lowest BCUT2D eigenvalue weighted by Gasteiger charge is -2.31. The highest BCUT2D eigenvalue weighted by Gasteiger charge is 2.42. The van der Waals surface area contributed by atoms with Crippen molar-refractivity contribution < 1.29 is 28.2 Å². The summed E-state index contributed by atoms with van der Waals surface area (Å²) in [4.78, 5) is 37.6. The molecule has 1 N–H and O–H groups in total. The van der Waals surface area contributed by atoms with Crippen molar-refractivity contribution in [2.24, 2.45) is 5.92 Å². The van der Waals surface area contributed by atoms with Gasteiger partial charge in [-0.2, -0.15) is 0 Å². The first kappa shape index (κ1) is 20.5. The molecule has 1 heterocycles. The van der Waals surface area contributed by atoms with Gasteiger partial charge in [-0.3, -0.25) is 14.5 Å². The maximum absolute atomic E-state index is 13.9. The van der Waals surface area contributed by atoms with Crippen molar-refractivity contribution in [2.45, 2.75) is 76.7 Å². The van der Waals surface area contributed by atoms with Crippen molar-refractivity contribution in [3.8, 4) is 0 Å². The Bertz CT molecular complexity index is 540. The summed E-state index contributed by atoms with van der Waals surface area (Å²) in [5.41, 5.74) is -0.710. The fraction of sp³-hybridized carbons (Fsp3) is 0.833. The minimum Gasteiger partial charge on any atom is -0.469 e. The molecule has 2 fully saturated rings. The summed E-state index contributed by atoms with van der Waals surface area (Å²) in [5.74, 6) is -0.715. The molecule has 1 aliphatic carbocycles. The average Bonchev–Trinajstić information content (AvgIpc) is 2.95. The van der Waals surface area contributed by atoms with E-state index in [1.807, 2.05) is 0 Å². The molecular formula is C18H29FN2O5. The van der Waals surface area contributed by atoms with Crippen LogP contribution in [-0.2, 0) is 19.1 Å². The Morgan fingerprint density at radius 1 is 1.12 bits per heavy atom. The molecule has 0 aromatic carbocycles. The van der Waals surface area contributed by atoms with Crippen LogP contribution >= 0.6 is 0 Å². The van der Waals surface area contributed by atoms with E-state index in [4.69, 9.17) is 9.47 Å². The molecule has 148 valence electrons. The number of carbonyl (C=O) groups excluding carboxylic acids is 3. The molecule has 2 amide bonds. The summed E-state index contributed by atoms with van der Waals surface area (Å²) in [6.45, 7) is 5.04. The first-order valence-electron chi connectivity index (χ1n) is 9.12. The summed E-state index contributed by atoms with van der Waals surface area (Å²) in [6.07, 6.45) is 0.657. The van der Waals surface area contributed by atoms with E-state index in [1.165, 1.54) is 12.0 Å². The number of carbonyl (C=O) groups is 3. The van der Waals surface area contributed by atoms with Gasteiger partial charge in [0.25, 0.3) is 0 Å². The van der Waals surface area contributed by atoms with Gasteiger partial charge in [-0.15, -0.1) is 0 Å². The second kappa shape index (κ2) is 8.22. The van der Waals surface area contributed by atoms with Crippen molar-refractivity contribution in [3.63, 3.8) is 0 Å². The van der Waals surface area contributed by atoms with Gasteiger partial charge in [0.2, 0.25) is 5.91 Å². The number of nitrogens with zero attached hydrogens (tertiary/aromatic N) is 1. The molecule has 7 nitrogen and oxygen atoms in total. The van der Waals surface area contributed by atoms with Crippen LogP contribution in [0.1, 0.15) is 52.9 Å². The largest absolute Gasteiger partial charge is 0.469 e. The molecule has 0 radical (unpaired) electrons. The second-order valence-corrected chi connectivity index (χ2v) is 8.06. The Morgan fingerprint density at radius 2 is 1.73 bits per heavy atom. The number of halogens is 1. The molecule has 0 aromatic rings. The van der Waals surface area contributed by atoms with Gasteiger partial charge < -0.3 is 14.8 Å². The van der Waals surface area contributed by atoms with Crippen LogP contribution in [0.25, 0.3) is 0 Å². The maximum Gasteiger partial charge on any atom is 0.411 e. The number of ether oxygens (including phenoxy) is 2. The highest BCUT2D eigenvalue weighted by atomic mass is 19.1. The normalized spacial score (nSPS) is 29.2. The minimum absolute atomic E-state index is 0.0252. The molecule has 0 spiro atoms. The van der Waals surface area contributed by atoms with E-state index in [0.29, 0.717) is 25.7 Å². The molecule has 8 heteroatoms. The number of methoxy groups -OCH3 is 1. The molecule has 26 heavy (non-hydrogen) atoms. The Balaban J connectivity index is 1.91.